The number of nitro benzene ring substituents is 1. The number of imide groups is 1. The molecule has 0 aliphatic carbocycles. The van der Waals surface area contributed by atoms with Crippen LogP contribution in [0, 0.1) is 10.1 Å². The van der Waals surface area contributed by atoms with Crippen LogP contribution in [0.2, 0.25) is 0 Å². The molecule has 28 heavy (non-hydrogen) atoms. The smallest absolute Gasteiger partial charge is 0.365 e. The molecule has 1 aliphatic heterocycles. The van der Waals surface area contributed by atoms with Crippen molar-refractivity contribution in [2.45, 2.75) is 0 Å². The molecule has 0 radical (unpaired) electrons. The number of benzene rings is 2. The summed E-state index contributed by atoms with van der Waals surface area (Å²) in [5, 5.41) is 14.2. The molecule has 0 fully saturated rings. The quantitative estimate of drug-likeness (QED) is 0.207. The van der Waals surface area contributed by atoms with Gasteiger partial charge in [-0.25, -0.2) is 9.69 Å². The van der Waals surface area contributed by atoms with Crippen LogP contribution in [0.3, 0.4) is 0 Å². The van der Waals surface area contributed by atoms with E-state index in [0.29, 0.717) is 5.56 Å². The Balaban J connectivity index is 1.73. The first-order valence-electron chi connectivity index (χ1n) is 7.82. The van der Waals surface area contributed by atoms with Crippen molar-refractivity contribution in [2.75, 3.05) is 4.90 Å². The number of nitrogens with two attached hydrogens (primary N) is 1. The van der Waals surface area contributed by atoms with E-state index >= 15 is 0 Å². The third kappa shape index (κ3) is 3.75. The standard InChI is InChI=1S/C18H12N4O6/c19-17(11-4-6-13(7-5-11)22(26)27)20-28-18(25)12-2-1-3-14(10-12)21-15(23)8-9-16(21)24/h1-10H,(H2,19,20). The maximum absolute atomic E-state index is 12.2. The van der Waals surface area contributed by atoms with Gasteiger partial charge in [0.25, 0.3) is 17.5 Å². The van der Waals surface area contributed by atoms with Gasteiger partial charge in [0, 0.05) is 29.8 Å². The van der Waals surface area contributed by atoms with Gasteiger partial charge >= 0.3 is 5.97 Å². The molecule has 0 aromatic heterocycles. The Morgan fingerprint density at radius 3 is 2.29 bits per heavy atom. The molecule has 2 amide bonds. The molecule has 0 saturated heterocycles. The van der Waals surface area contributed by atoms with Crippen LogP contribution >= 0.6 is 0 Å². The van der Waals surface area contributed by atoms with Gasteiger partial charge in [0.05, 0.1) is 16.2 Å². The average Bonchev–Trinajstić information content (AvgIpc) is 3.04. The summed E-state index contributed by atoms with van der Waals surface area (Å²) in [6.45, 7) is 0. The first-order chi connectivity index (χ1) is 13.4. The Morgan fingerprint density at radius 2 is 1.68 bits per heavy atom. The number of anilines is 1. The van der Waals surface area contributed by atoms with Crippen LogP contribution in [0.5, 0.6) is 0 Å². The number of hydrogen-bond acceptors (Lipinski definition) is 7. The number of nitro groups is 1. The molecule has 2 aromatic rings. The number of non-ortho nitro benzene ring substituents is 1. The van der Waals surface area contributed by atoms with Crippen molar-refractivity contribution in [2.24, 2.45) is 10.9 Å². The summed E-state index contributed by atoms with van der Waals surface area (Å²) in [5.74, 6) is -2.06. The maximum atomic E-state index is 12.2. The summed E-state index contributed by atoms with van der Waals surface area (Å²) in [4.78, 5) is 51.4. The molecule has 140 valence electrons. The summed E-state index contributed by atoms with van der Waals surface area (Å²) in [7, 11) is 0. The third-order valence-corrected chi connectivity index (χ3v) is 3.75. The highest BCUT2D eigenvalue weighted by molar-refractivity contribution is 6.28. The van der Waals surface area contributed by atoms with Gasteiger partial charge in [-0.15, -0.1) is 0 Å². The van der Waals surface area contributed by atoms with Crippen LogP contribution in [0.25, 0.3) is 0 Å². The van der Waals surface area contributed by atoms with Gasteiger partial charge in [-0.05, 0) is 30.3 Å². The minimum Gasteiger partial charge on any atom is -0.380 e. The third-order valence-electron chi connectivity index (χ3n) is 3.75. The SMILES string of the molecule is N/C(=N\OC(=O)c1cccc(N2C(=O)C=CC2=O)c1)c1ccc([N+](=O)[O-])cc1. The van der Waals surface area contributed by atoms with Gasteiger partial charge in [-0.3, -0.25) is 19.7 Å². The molecule has 1 heterocycles. The van der Waals surface area contributed by atoms with Crippen molar-refractivity contribution >= 4 is 35.0 Å². The van der Waals surface area contributed by atoms with E-state index < -0.39 is 22.7 Å². The van der Waals surface area contributed by atoms with E-state index in [0.717, 1.165) is 17.1 Å². The van der Waals surface area contributed by atoms with Crippen LogP contribution < -0.4 is 10.6 Å². The highest BCUT2D eigenvalue weighted by atomic mass is 16.7. The van der Waals surface area contributed by atoms with Gasteiger partial charge in [-0.1, -0.05) is 11.2 Å². The van der Waals surface area contributed by atoms with Crippen molar-refractivity contribution in [3.05, 3.63) is 81.9 Å². The molecular formula is C18H12N4O6. The molecule has 3 rings (SSSR count). The lowest BCUT2D eigenvalue weighted by molar-refractivity contribution is -0.384. The number of oxime groups is 1. The lowest BCUT2D eigenvalue weighted by Gasteiger charge is -2.14. The van der Waals surface area contributed by atoms with Crippen molar-refractivity contribution in [1.82, 2.24) is 0 Å². The molecule has 0 saturated carbocycles. The summed E-state index contributed by atoms with van der Waals surface area (Å²) in [6, 6.07) is 10.9. The van der Waals surface area contributed by atoms with Crippen LogP contribution in [0.1, 0.15) is 15.9 Å². The van der Waals surface area contributed by atoms with E-state index in [-0.39, 0.29) is 22.8 Å². The van der Waals surface area contributed by atoms with Crippen LogP contribution in [-0.4, -0.2) is 28.5 Å². The van der Waals surface area contributed by atoms with Crippen molar-refractivity contribution in [1.29, 1.82) is 0 Å². The molecule has 0 spiro atoms. The zero-order chi connectivity index (χ0) is 20.3. The lowest BCUT2D eigenvalue weighted by atomic mass is 10.2. The summed E-state index contributed by atoms with van der Waals surface area (Å²) >= 11 is 0. The Bertz CT molecular complexity index is 1020. The molecule has 0 atom stereocenters. The fourth-order valence-electron chi connectivity index (χ4n) is 2.38. The van der Waals surface area contributed by atoms with E-state index in [4.69, 9.17) is 10.6 Å². The number of nitrogens with zero attached hydrogens (tertiary/aromatic N) is 3. The number of rotatable bonds is 5. The molecular weight excluding hydrogens is 368 g/mol. The first-order valence-corrected chi connectivity index (χ1v) is 7.82. The molecule has 1 aliphatic rings. The monoisotopic (exact) mass is 380 g/mol. The number of hydrogen-bond donors (Lipinski definition) is 1. The Hall–Kier alpha value is -4.34. The second-order valence-electron chi connectivity index (χ2n) is 5.55. The Kier molecular flexibility index (Phi) is 4.94. The number of amidine groups is 1. The molecule has 2 N–H and O–H groups in total. The fourth-order valence-corrected chi connectivity index (χ4v) is 2.38. The van der Waals surface area contributed by atoms with Crippen molar-refractivity contribution in [3.8, 4) is 0 Å². The van der Waals surface area contributed by atoms with E-state index in [1.165, 1.54) is 48.5 Å². The minimum atomic E-state index is -0.862. The van der Waals surface area contributed by atoms with E-state index in [2.05, 4.69) is 5.16 Å². The number of amides is 2. The van der Waals surface area contributed by atoms with Crippen molar-refractivity contribution in [3.63, 3.8) is 0 Å². The van der Waals surface area contributed by atoms with E-state index in [1.54, 1.807) is 0 Å². The van der Waals surface area contributed by atoms with Crippen LogP contribution in [0.15, 0.2) is 65.8 Å². The maximum Gasteiger partial charge on any atom is 0.365 e. The fraction of sp³-hybridized carbons (Fsp3) is 0. The second-order valence-corrected chi connectivity index (χ2v) is 5.55. The van der Waals surface area contributed by atoms with Gasteiger partial charge < -0.3 is 10.6 Å². The zero-order valence-corrected chi connectivity index (χ0v) is 14.1. The predicted octanol–water partition coefficient (Wildman–Crippen LogP) is 1.50. The Morgan fingerprint density at radius 1 is 1.04 bits per heavy atom. The topological polar surface area (TPSA) is 145 Å². The average molecular weight is 380 g/mol. The normalized spacial score (nSPS) is 13.7. The molecule has 2 aromatic carbocycles. The highest BCUT2D eigenvalue weighted by Crippen LogP contribution is 2.21. The predicted molar refractivity (Wildman–Crippen MR) is 97.3 cm³/mol. The van der Waals surface area contributed by atoms with Gasteiger partial charge in [-0.2, -0.15) is 0 Å². The van der Waals surface area contributed by atoms with E-state index in [9.17, 15) is 24.5 Å². The molecule has 0 unspecified atom stereocenters. The van der Waals surface area contributed by atoms with Crippen LogP contribution in [-0.2, 0) is 14.4 Å². The minimum absolute atomic E-state index is 0.0465. The van der Waals surface area contributed by atoms with Crippen molar-refractivity contribution < 1.29 is 24.1 Å². The number of carbonyl (C=O) groups is 3. The van der Waals surface area contributed by atoms with Crippen LogP contribution in [0.4, 0.5) is 11.4 Å². The molecule has 10 heteroatoms. The lowest BCUT2D eigenvalue weighted by Crippen LogP contribution is -2.29. The number of carbonyl (C=O) groups excluding carboxylic acids is 3. The summed E-state index contributed by atoms with van der Waals surface area (Å²) < 4.78 is 0. The van der Waals surface area contributed by atoms with Gasteiger partial charge in [0.15, 0.2) is 5.84 Å². The first kappa shape index (κ1) is 18.5. The summed E-state index contributed by atoms with van der Waals surface area (Å²) in [6.07, 6.45) is 2.25. The van der Waals surface area contributed by atoms with Gasteiger partial charge in [0.1, 0.15) is 0 Å². The molecule has 10 nitrogen and oxygen atoms in total. The second kappa shape index (κ2) is 7.50. The highest BCUT2D eigenvalue weighted by Gasteiger charge is 2.25. The van der Waals surface area contributed by atoms with E-state index in [1.807, 2.05) is 0 Å². The molecule has 0 bridgehead atoms. The largest absolute Gasteiger partial charge is 0.380 e. The zero-order valence-electron chi connectivity index (χ0n) is 14.1. The summed E-state index contributed by atoms with van der Waals surface area (Å²) in [5.41, 5.74) is 6.17. The van der Waals surface area contributed by atoms with Gasteiger partial charge in [0.2, 0.25) is 0 Å². The Labute approximate surface area is 157 Å².